The highest BCUT2D eigenvalue weighted by Crippen LogP contribution is 2.41. The van der Waals surface area contributed by atoms with Crippen molar-refractivity contribution in [2.24, 2.45) is 0 Å². The highest BCUT2D eigenvalue weighted by Gasteiger charge is 2.33. The van der Waals surface area contributed by atoms with Crippen LogP contribution in [0.1, 0.15) is 29.9 Å². The van der Waals surface area contributed by atoms with Crippen molar-refractivity contribution in [2.45, 2.75) is 32.7 Å². The number of hydrogen-bond donors (Lipinski definition) is 2. The van der Waals surface area contributed by atoms with Crippen molar-refractivity contribution in [1.29, 1.82) is 0 Å². The van der Waals surface area contributed by atoms with Gasteiger partial charge in [-0.05, 0) is 49.7 Å². The number of rotatable bonds is 6. The molecule has 0 saturated carbocycles. The molecule has 2 aromatic heterocycles. The molecule has 2 N–H and O–H groups in total. The van der Waals surface area contributed by atoms with Gasteiger partial charge in [-0.15, -0.1) is 13.2 Å². The molecule has 1 amide bonds. The minimum Gasteiger partial charge on any atom is -0.405 e. The average Bonchev–Trinajstić information content (AvgIpc) is 3.33. The number of nitrogens with zero attached hydrogens (tertiary/aromatic N) is 1. The van der Waals surface area contributed by atoms with E-state index in [0.29, 0.717) is 27.9 Å². The zero-order valence-electron chi connectivity index (χ0n) is 17.6. The summed E-state index contributed by atoms with van der Waals surface area (Å²) in [5, 5.41) is 6.85. The number of carbonyl (C=O) groups is 1. The van der Waals surface area contributed by atoms with E-state index >= 15 is 0 Å². The highest BCUT2D eigenvalue weighted by molar-refractivity contribution is 5.98. The van der Waals surface area contributed by atoms with Gasteiger partial charge in [0, 0.05) is 22.5 Å². The summed E-state index contributed by atoms with van der Waals surface area (Å²) in [6, 6.07) is 11.2. The van der Waals surface area contributed by atoms with Crippen LogP contribution in [0.3, 0.4) is 0 Å². The molecule has 0 aliphatic carbocycles. The number of aromatic amines is 1. The number of nitrogens with one attached hydrogen (secondary N) is 2. The van der Waals surface area contributed by atoms with Gasteiger partial charge < -0.3 is 19.6 Å². The fraction of sp³-hybridized carbons (Fsp3) is 0.217. The van der Waals surface area contributed by atoms with Crippen molar-refractivity contribution in [1.82, 2.24) is 15.5 Å². The molecule has 4 aromatic rings. The monoisotopic (exact) mass is 461 g/mol. The fourth-order valence-electron chi connectivity index (χ4n) is 3.69. The van der Waals surface area contributed by atoms with E-state index in [0.717, 1.165) is 0 Å². The Labute approximate surface area is 185 Å². The van der Waals surface area contributed by atoms with Crippen LogP contribution >= 0.6 is 0 Å². The SMILES string of the molecule is Cc1cc(CNC(=O)C(C)c2c(-c3ccccc3OC(F)(F)F)[nH]c3ccc(F)cc23)on1. The molecule has 172 valence electrons. The third kappa shape index (κ3) is 4.84. The van der Waals surface area contributed by atoms with Crippen LogP contribution in [-0.4, -0.2) is 22.4 Å². The molecule has 33 heavy (non-hydrogen) atoms. The molecular formula is C23H19F4N3O3. The number of benzene rings is 2. The second-order valence-electron chi connectivity index (χ2n) is 7.52. The summed E-state index contributed by atoms with van der Waals surface area (Å²) in [4.78, 5) is 16.0. The summed E-state index contributed by atoms with van der Waals surface area (Å²) in [6.07, 6.45) is -4.91. The first-order chi connectivity index (χ1) is 15.6. The van der Waals surface area contributed by atoms with E-state index < -0.39 is 29.8 Å². The maximum Gasteiger partial charge on any atom is 0.573 e. The van der Waals surface area contributed by atoms with Crippen molar-refractivity contribution in [3.63, 3.8) is 0 Å². The molecule has 2 heterocycles. The van der Waals surface area contributed by atoms with Gasteiger partial charge in [-0.25, -0.2) is 4.39 Å². The number of hydrogen-bond acceptors (Lipinski definition) is 4. The molecule has 6 nitrogen and oxygen atoms in total. The number of fused-ring (bicyclic) bond motifs is 1. The van der Waals surface area contributed by atoms with Crippen LogP contribution in [0, 0.1) is 12.7 Å². The van der Waals surface area contributed by atoms with Gasteiger partial charge in [0.25, 0.3) is 0 Å². The van der Waals surface area contributed by atoms with Crippen LogP contribution in [0.25, 0.3) is 22.2 Å². The predicted molar refractivity (Wildman–Crippen MR) is 112 cm³/mol. The van der Waals surface area contributed by atoms with Gasteiger partial charge in [-0.2, -0.15) is 0 Å². The van der Waals surface area contributed by atoms with Gasteiger partial charge in [0.2, 0.25) is 5.91 Å². The Kier molecular flexibility index (Phi) is 5.84. The van der Waals surface area contributed by atoms with Gasteiger partial charge in [0.05, 0.1) is 23.9 Å². The Bertz CT molecular complexity index is 1310. The van der Waals surface area contributed by atoms with Gasteiger partial charge in [-0.3, -0.25) is 4.79 Å². The van der Waals surface area contributed by atoms with E-state index in [1.54, 1.807) is 26.0 Å². The Balaban J connectivity index is 1.77. The molecule has 4 rings (SSSR count). The lowest BCUT2D eigenvalue weighted by Gasteiger charge is -2.16. The molecule has 2 aromatic carbocycles. The van der Waals surface area contributed by atoms with E-state index in [9.17, 15) is 22.4 Å². The van der Waals surface area contributed by atoms with E-state index in [2.05, 4.69) is 20.2 Å². The van der Waals surface area contributed by atoms with E-state index in [-0.39, 0.29) is 17.8 Å². The second kappa shape index (κ2) is 8.61. The van der Waals surface area contributed by atoms with Crippen molar-refractivity contribution in [2.75, 3.05) is 0 Å². The normalized spacial score (nSPS) is 12.7. The fourth-order valence-corrected chi connectivity index (χ4v) is 3.69. The van der Waals surface area contributed by atoms with Crippen LogP contribution < -0.4 is 10.1 Å². The molecule has 0 saturated heterocycles. The molecule has 0 fully saturated rings. The van der Waals surface area contributed by atoms with Gasteiger partial charge in [0.1, 0.15) is 11.6 Å². The van der Waals surface area contributed by atoms with Crippen molar-refractivity contribution >= 4 is 16.8 Å². The molecule has 10 heteroatoms. The Hall–Kier alpha value is -3.82. The topological polar surface area (TPSA) is 80.1 Å². The summed E-state index contributed by atoms with van der Waals surface area (Å²) >= 11 is 0. The first kappa shape index (κ1) is 22.4. The average molecular weight is 461 g/mol. The van der Waals surface area contributed by atoms with Gasteiger partial charge >= 0.3 is 6.36 Å². The molecule has 0 bridgehead atoms. The maximum absolute atomic E-state index is 14.1. The summed E-state index contributed by atoms with van der Waals surface area (Å²) < 4.78 is 62.3. The molecule has 0 spiro atoms. The minimum atomic E-state index is -4.91. The van der Waals surface area contributed by atoms with Crippen molar-refractivity contribution < 1.29 is 31.6 Å². The lowest BCUT2D eigenvalue weighted by atomic mass is 9.93. The quantitative estimate of drug-likeness (QED) is 0.367. The van der Waals surface area contributed by atoms with Crippen LogP contribution in [0.2, 0.25) is 0 Å². The first-order valence-corrected chi connectivity index (χ1v) is 9.98. The molecule has 1 atom stereocenters. The third-order valence-electron chi connectivity index (χ3n) is 5.12. The Morgan fingerprint density at radius 1 is 1.21 bits per heavy atom. The van der Waals surface area contributed by atoms with Gasteiger partial charge in [-0.1, -0.05) is 17.3 Å². The summed E-state index contributed by atoms with van der Waals surface area (Å²) in [5.41, 5.74) is 1.78. The third-order valence-corrected chi connectivity index (χ3v) is 5.12. The second-order valence-corrected chi connectivity index (χ2v) is 7.52. The predicted octanol–water partition coefficient (Wildman–Crippen LogP) is 5.59. The lowest BCUT2D eigenvalue weighted by molar-refractivity contribution is -0.274. The summed E-state index contributed by atoms with van der Waals surface area (Å²) in [7, 11) is 0. The van der Waals surface area contributed by atoms with E-state index in [1.165, 1.54) is 36.4 Å². The highest BCUT2D eigenvalue weighted by atomic mass is 19.4. The van der Waals surface area contributed by atoms with Gasteiger partial charge in [0.15, 0.2) is 5.76 Å². The zero-order chi connectivity index (χ0) is 23.8. The van der Waals surface area contributed by atoms with Crippen LogP contribution in [0.5, 0.6) is 5.75 Å². The van der Waals surface area contributed by atoms with Crippen LogP contribution in [0.4, 0.5) is 17.6 Å². The maximum atomic E-state index is 14.1. The number of carbonyl (C=O) groups excluding carboxylic acids is 1. The van der Waals surface area contributed by atoms with E-state index in [1.807, 2.05) is 0 Å². The largest absolute Gasteiger partial charge is 0.573 e. The number of para-hydroxylation sites is 1. The molecular weight excluding hydrogens is 442 g/mol. The smallest absolute Gasteiger partial charge is 0.405 e. The number of alkyl halides is 3. The molecule has 0 aliphatic heterocycles. The lowest BCUT2D eigenvalue weighted by Crippen LogP contribution is -2.27. The summed E-state index contributed by atoms with van der Waals surface area (Å²) in [5.74, 6) is -1.81. The van der Waals surface area contributed by atoms with Crippen molar-refractivity contribution in [3.05, 3.63) is 71.4 Å². The Morgan fingerprint density at radius 2 is 1.97 bits per heavy atom. The van der Waals surface area contributed by atoms with E-state index in [4.69, 9.17) is 4.52 Å². The number of aromatic nitrogens is 2. The Morgan fingerprint density at radius 3 is 2.67 bits per heavy atom. The van der Waals surface area contributed by atoms with Crippen LogP contribution in [0.15, 0.2) is 53.1 Å². The standard InChI is InChI=1S/C23H19F4N3O3/c1-12-9-15(33-30-12)11-28-22(31)13(2)20-17-10-14(24)7-8-18(17)29-21(20)16-5-3-4-6-19(16)32-23(25,26)27/h3-10,13,29H,11H2,1-2H3,(H,28,31). The zero-order valence-corrected chi connectivity index (χ0v) is 17.6. The number of halogens is 4. The summed E-state index contributed by atoms with van der Waals surface area (Å²) in [6.45, 7) is 3.40. The molecule has 1 unspecified atom stereocenters. The molecule has 0 radical (unpaired) electrons. The number of amides is 1. The first-order valence-electron chi connectivity index (χ1n) is 9.98. The van der Waals surface area contributed by atoms with Crippen LogP contribution in [-0.2, 0) is 11.3 Å². The molecule has 0 aliphatic rings. The van der Waals surface area contributed by atoms with Crippen molar-refractivity contribution in [3.8, 4) is 17.0 Å². The minimum absolute atomic E-state index is 0.0732. The number of ether oxygens (including phenoxy) is 1. The number of H-pyrrole nitrogens is 1. The number of aryl methyl sites for hydroxylation is 1.